The zero-order chi connectivity index (χ0) is 17.9. The molecule has 0 unspecified atom stereocenters. The molecule has 2 aromatic rings. The highest BCUT2D eigenvalue weighted by atomic mass is 28.4. The van der Waals surface area contributed by atoms with Crippen LogP contribution in [0.5, 0.6) is 5.75 Å². The molecular formula is C19H23F3OSi. The summed E-state index contributed by atoms with van der Waals surface area (Å²) in [6.07, 6.45) is 0. The Balaban J connectivity index is 2.62. The molecule has 1 nitrogen and oxygen atoms in total. The van der Waals surface area contributed by atoms with Gasteiger partial charge < -0.3 is 4.43 Å². The van der Waals surface area contributed by atoms with Gasteiger partial charge in [0.05, 0.1) is 0 Å². The minimum atomic E-state index is -2.15. The highest BCUT2D eigenvalue weighted by Crippen LogP contribution is 2.38. The van der Waals surface area contributed by atoms with Gasteiger partial charge in [0.2, 0.25) is 0 Å². The third kappa shape index (κ3) is 3.36. The molecule has 2 aromatic carbocycles. The first kappa shape index (κ1) is 18.6. The van der Waals surface area contributed by atoms with Crippen LogP contribution in [0.3, 0.4) is 0 Å². The lowest BCUT2D eigenvalue weighted by molar-refractivity contribution is 0.480. The number of halogens is 3. The van der Waals surface area contributed by atoms with Gasteiger partial charge in [0.1, 0.15) is 5.75 Å². The van der Waals surface area contributed by atoms with Gasteiger partial charge in [-0.1, -0.05) is 45.0 Å². The molecule has 5 heteroatoms. The summed E-state index contributed by atoms with van der Waals surface area (Å²) in [6, 6.07) is 9.82. The van der Waals surface area contributed by atoms with Crippen molar-refractivity contribution in [1.82, 2.24) is 0 Å². The van der Waals surface area contributed by atoms with Crippen molar-refractivity contribution >= 4 is 8.32 Å². The van der Waals surface area contributed by atoms with Crippen molar-refractivity contribution in [3.63, 3.8) is 0 Å². The Hall–Kier alpha value is -1.75. The first-order valence-electron chi connectivity index (χ1n) is 8.31. The topological polar surface area (TPSA) is 9.23 Å². The molecule has 0 aromatic heterocycles. The van der Waals surface area contributed by atoms with E-state index in [1.807, 2.05) is 20.8 Å². The van der Waals surface area contributed by atoms with Crippen LogP contribution >= 0.6 is 0 Å². The van der Waals surface area contributed by atoms with Crippen LogP contribution in [0.1, 0.15) is 26.3 Å². The Morgan fingerprint density at radius 1 is 0.833 bits per heavy atom. The lowest BCUT2D eigenvalue weighted by Gasteiger charge is -2.30. The van der Waals surface area contributed by atoms with Gasteiger partial charge in [0.15, 0.2) is 17.5 Å². The SMILES string of the molecule is CC[Si](CC)(CC)Oc1c(F)cccc1-c1ccc(C)c(F)c1F. The van der Waals surface area contributed by atoms with Crippen molar-refractivity contribution in [3.05, 3.63) is 53.3 Å². The van der Waals surface area contributed by atoms with Gasteiger partial charge >= 0.3 is 0 Å². The monoisotopic (exact) mass is 352 g/mol. The van der Waals surface area contributed by atoms with E-state index in [1.165, 1.54) is 31.2 Å². The summed E-state index contributed by atoms with van der Waals surface area (Å²) in [5.74, 6) is -2.38. The quantitative estimate of drug-likeness (QED) is 0.542. The zero-order valence-corrected chi connectivity index (χ0v) is 15.6. The third-order valence-electron chi connectivity index (χ3n) is 4.78. The van der Waals surface area contributed by atoms with Crippen molar-refractivity contribution in [2.24, 2.45) is 0 Å². The summed E-state index contributed by atoms with van der Waals surface area (Å²) >= 11 is 0. The summed E-state index contributed by atoms with van der Waals surface area (Å²) in [4.78, 5) is 0. The standard InChI is InChI=1S/C19H23F3OSi/c1-5-24(6-2,7-3)23-19-15(9-8-10-16(19)20)14-12-11-13(4)17(21)18(14)22/h8-12H,5-7H2,1-4H3. The van der Waals surface area contributed by atoms with Gasteiger partial charge in [-0.05, 0) is 36.7 Å². The van der Waals surface area contributed by atoms with Gasteiger partial charge in [-0.3, -0.25) is 0 Å². The van der Waals surface area contributed by atoms with E-state index in [9.17, 15) is 13.2 Å². The molecule has 0 heterocycles. The summed E-state index contributed by atoms with van der Waals surface area (Å²) in [5, 5.41) is 0. The Morgan fingerprint density at radius 3 is 2.04 bits per heavy atom. The maximum absolute atomic E-state index is 14.5. The molecule has 0 bridgehead atoms. The van der Waals surface area contributed by atoms with Crippen LogP contribution in [0.2, 0.25) is 18.1 Å². The molecule has 0 aliphatic carbocycles. The van der Waals surface area contributed by atoms with E-state index in [0.717, 1.165) is 18.1 Å². The molecule has 0 aliphatic heterocycles. The van der Waals surface area contributed by atoms with Crippen LogP contribution in [0.4, 0.5) is 13.2 Å². The highest BCUT2D eigenvalue weighted by Gasteiger charge is 2.33. The zero-order valence-electron chi connectivity index (χ0n) is 14.6. The Labute approximate surface area is 142 Å². The number of aryl methyl sites for hydroxylation is 1. The molecular weight excluding hydrogens is 329 g/mol. The minimum absolute atomic E-state index is 0.0267. The van der Waals surface area contributed by atoms with Gasteiger partial charge in [0.25, 0.3) is 8.32 Å². The molecule has 0 saturated carbocycles. The first-order chi connectivity index (χ1) is 11.4. The van der Waals surface area contributed by atoms with Gasteiger partial charge in [0, 0.05) is 11.1 Å². The van der Waals surface area contributed by atoms with Crippen LogP contribution in [0.15, 0.2) is 30.3 Å². The summed E-state index contributed by atoms with van der Waals surface area (Å²) in [5.41, 5.74) is 0.506. The molecule has 0 aliphatic rings. The Morgan fingerprint density at radius 2 is 1.46 bits per heavy atom. The van der Waals surface area contributed by atoms with E-state index in [1.54, 1.807) is 6.07 Å². The number of hydrogen-bond donors (Lipinski definition) is 0. The van der Waals surface area contributed by atoms with Crippen molar-refractivity contribution < 1.29 is 17.6 Å². The second kappa shape index (κ2) is 7.43. The largest absolute Gasteiger partial charge is 0.541 e. The summed E-state index contributed by atoms with van der Waals surface area (Å²) < 4.78 is 49.0. The van der Waals surface area contributed by atoms with E-state index in [4.69, 9.17) is 4.43 Å². The molecule has 0 radical (unpaired) electrons. The van der Waals surface area contributed by atoms with Crippen LogP contribution in [0, 0.1) is 24.4 Å². The molecule has 0 N–H and O–H groups in total. The van der Waals surface area contributed by atoms with Crippen LogP contribution in [0.25, 0.3) is 11.1 Å². The first-order valence-corrected chi connectivity index (χ1v) is 10.8. The summed E-state index contributed by atoms with van der Waals surface area (Å²) in [7, 11) is -2.15. The lowest BCUT2D eigenvalue weighted by atomic mass is 10.0. The van der Waals surface area contributed by atoms with Gasteiger partial charge in [-0.25, -0.2) is 13.2 Å². The van der Waals surface area contributed by atoms with Gasteiger partial charge in [-0.2, -0.15) is 0 Å². The average Bonchev–Trinajstić information content (AvgIpc) is 2.59. The van der Waals surface area contributed by atoms with Crippen molar-refractivity contribution in [2.75, 3.05) is 0 Å². The third-order valence-corrected chi connectivity index (χ3v) is 9.29. The number of rotatable bonds is 6. The van der Waals surface area contributed by atoms with E-state index in [2.05, 4.69) is 0 Å². The molecule has 24 heavy (non-hydrogen) atoms. The Kier molecular flexibility index (Phi) is 5.75. The fraction of sp³-hybridized carbons (Fsp3) is 0.368. The molecule has 0 saturated heterocycles. The maximum Gasteiger partial charge on any atom is 0.250 e. The van der Waals surface area contributed by atoms with Crippen LogP contribution in [-0.4, -0.2) is 8.32 Å². The van der Waals surface area contributed by atoms with Crippen molar-refractivity contribution in [1.29, 1.82) is 0 Å². The van der Waals surface area contributed by atoms with Crippen molar-refractivity contribution in [2.45, 2.75) is 45.8 Å². The number of hydrogen-bond acceptors (Lipinski definition) is 1. The molecule has 0 amide bonds. The van der Waals surface area contributed by atoms with Crippen LogP contribution in [-0.2, 0) is 0 Å². The molecule has 0 spiro atoms. The van der Waals surface area contributed by atoms with E-state index < -0.39 is 25.8 Å². The maximum atomic E-state index is 14.5. The molecule has 2 rings (SSSR count). The van der Waals surface area contributed by atoms with E-state index in [0.29, 0.717) is 0 Å². The van der Waals surface area contributed by atoms with E-state index >= 15 is 0 Å². The van der Waals surface area contributed by atoms with Gasteiger partial charge in [-0.15, -0.1) is 0 Å². The minimum Gasteiger partial charge on any atom is -0.541 e. The second-order valence-electron chi connectivity index (χ2n) is 6.02. The predicted molar refractivity (Wildman–Crippen MR) is 94.3 cm³/mol. The normalized spacial score (nSPS) is 11.6. The average molecular weight is 352 g/mol. The smallest absolute Gasteiger partial charge is 0.250 e. The van der Waals surface area contributed by atoms with E-state index in [-0.39, 0.29) is 22.4 Å². The Bertz CT molecular complexity index is 719. The number of benzene rings is 2. The fourth-order valence-electron chi connectivity index (χ4n) is 2.86. The fourth-order valence-corrected chi connectivity index (χ4v) is 5.44. The van der Waals surface area contributed by atoms with Crippen molar-refractivity contribution in [3.8, 4) is 16.9 Å². The predicted octanol–water partition coefficient (Wildman–Crippen LogP) is 6.46. The molecule has 0 atom stereocenters. The number of para-hydroxylation sites is 1. The highest BCUT2D eigenvalue weighted by molar-refractivity contribution is 6.74. The lowest BCUT2D eigenvalue weighted by Crippen LogP contribution is -2.39. The summed E-state index contributed by atoms with van der Waals surface area (Å²) in [6.45, 7) is 7.60. The molecule has 130 valence electrons. The van der Waals surface area contributed by atoms with Crippen LogP contribution < -0.4 is 4.43 Å². The second-order valence-corrected chi connectivity index (χ2v) is 10.7. The molecule has 0 fully saturated rings.